The molecule has 0 aromatic carbocycles. The molecule has 5 heteroatoms. The largest absolute Gasteiger partial charge is 0.359 e. The number of amides is 1. The van der Waals surface area contributed by atoms with Crippen LogP contribution in [0.25, 0.3) is 0 Å². The molecule has 2 N–H and O–H groups in total. The maximum absolute atomic E-state index is 11.8. The Morgan fingerprint density at radius 3 is 2.89 bits per heavy atom. The Morgan fingerprint density at radius 2 is 2.28 bits per heavy atom. The zero-order valence-corrected chi connectivity index (χ0v) is 11.4. The van der Waals surface area contributed by atoms with E-state index >= 15 is 0 Å². The molecule has 0 spiro atoms. The van der Waals surface area contributed by atoms with Crippen LogP contribution in [0, 0.1) is 5.41 Å². The van der Waals surface area contributed by atoms with Crippen LogP contribution in [-0.2, 0) is 17.9 Å². The van der Waals surface area contributed by atoms with Crippen molar-refractivity contribution in [1.29, 1.82) is 0 Å². The van der Waals surface area contributed by atoms with Crippen molar-refractivity contribution in [2.45, 2.75) is 45.8 Å². The van der Waals surface area contributed by atoms with Gasteiger partial charge in [0, 0.05) is 32.4 Å². The maximum Gasteiger partial charge on any atom is 0.227 e. The molecule has 0 saturated heterocycles. The second kappa shape index (κ2) is 5.10. The Bertz CT molecular complexity index is 420. The van der Waals surface area contributed by atoms with Gasteiger partial charge in [0.05, 0.1) is 17.4 Å². The Balaban J connectivity index is 1.99. The minimum absolute atomic E-state index is 0.0531. The van der Waals surface area contributed by atoms with E-state index < -0.39 is 5.41 Å². The van der Waals surface area contributed by atoms with E-state index in [1.165, 1.54) is 12.8 Å². The van der Waals surface area contributed by atoms with Gasteiger partial charge in [0.1, 0.15) is 0 Å². The zero-order valence-electron chi connectivity index (χ0n) is 11.4. The van der Waals surface area contributed by atoms with Crippen molar-refractivity contribution in [1.82, 2.24) is 20.2 Å². The predicted octanol–water partition coefficient (Wildman–Crippen LogP) is 0.907. The van der Waals surface area contributed by atoms with Crippen molar-refractivity contribution in [3.8, 4) is 0 Å². The number of hydrogen-bond donors (Lipinski definition) is 2. The number of nitrogens with zero attached hydrogens (tertiary/aromatic N) is 2. The first kappa shape index (κ1) is 13.1. The third-order valence-corrected chi connectivity index (χ3v) is 3.36. The predicted molar refractivity (Wildman–Crippen MR) is 69.9 cm³/mol. The molecule has 2 rings (SSSR count). The highest BCUT2D eigenvalue weighted by atomic mass is 16.2. The van der Waals surface area contributed by atoms with E-state index in [1.807, 2.05) is 20.0 Å². The minimum atomic E-state index is -0.427. The smallest absolute Gasteiger partial charge is 0.227 e. The van der Waals surface area contributed by atoms with Gasteiger partial charge in [-0.1, -0.05) is 0 Å². The van der Waals surface area contributed by atoms with Gasteiger partial charge in [0.25, 0.3) is 0 Å². The van der Waals surface area contributed by atoms with Gasteiger partial charge >= 0.3 is 0 Å². The van der Waals surface area contributed by atoms with Crippen LogP contribution in [0.1, 0.15) is 32.4 Å². The van der Waals surface area contributed by atoms with Crippen LogP contribution in [-0.4, -0.2) is 28.5 Å². The highest BCUT2D eigenvalue weighted by Gasteiger charge is 2.28. The molecule has 1 saturated carbocycles. The van der Waals surface area contributed by atoms with Gasteiger partial charge in [-0.25, -0.2) is 4.98 Å². The third-order valence-electron chi connectivity index (χ3n) is 3.36. The normalized spacial score (nSPS) is 15.7. The summed E-state index contributed by atoms with van der Waals surface area (Å²) in [5, 5.41) is 6.18. The Labute approximate surface area is 108 Å². The standard InChI is InChI=1S/C13H22N4O/c1-13(2,12(18)14-3)8-17-9-15-6-11(17)7-16-10-4-5-10/h6,9-10,16H,4-5,7-8H2,1-3H3,(H,14,18). The molecule has 5 nitrogen and oxygen atoms in total. The molecule has 1 amide bonds. The van der Waals surface area contributed by atoms with Crippen LogP contribution in [0.3, 0.4) is 0 Å². The first-order chi connectivity index (χ1) is 8.53. The molecule has 0 atom stereocenters. The number of carbonyl (C=O) groups is 1. The number of nitrogens with one attached hydrogen (secondary N) is 2. The molecule has 1 aliphatic rings. The molecule has 100 valence electrons. The topological polar surface area (TPSA) is 59.0 Å². The minimum Gasteiger partial charge on any atom is -0.359 e. The summed E-state index contributed by atoms with van der Waals surface area (Å²) in [6, 6.07) is 0.681. The Morgan fingerprint density at radius 1 is 1.56 bits per heavy atom. The van der Waals surface area contributed by atoms with Gasteiger partial charge in [0.15, 0.2) is 0 Å². The molecule has 1 aliphatic carbocycles. The summed E-state index contributed by atoms with van der Waals surface area (Å²) >= 11 is 0. The van der Waals surface area contributed by atoms with Crippen molar-refractivity contribution in [3.63, 3.8) is 0 Å². The van der Waals surface area contributed by atoms with E-state index in [1.54, 1.807) is 13.4 Å². The van der Waals surface area contributed by atoms with Gasteiger partial charge in [-0.3, -0.25) is 4.79 Å². The molecule has 0 unspecified atom stereocenters. The number of hydrogen-bond acceptors (Lipinski definition) is 3. The van der Waals surface area contributed by atoms with Gasteiger partial charge in [-0.15, -0.1) is 0 Å². The molecule has 0 aliphatic heterocycles. The molecule has 1 aromatic rings. The average molecular weight is 250 g/mol. The lowest BCUT2D eigenvalue weighted by molar-refractivity contribution is -0.129. The summed E-state index contributed by atoms with van der Waals surface area (Å²) < 4.78 is 2.06. The van der Waals surface area contributed by atoms with Crippen molar-refractivity contribution in [2.75, 3.05) is 7.05 Å². The van der Waals surface area contributed by atoms with Crippen molar-refractivity contribution < 1.29 is 4.79 Å². The molecular formula is C13H22N4O. The van der Waals surface area contributed by atoms with Crippen molar-refractivity contribution in [2.24, 2.45) is 5.41 Å². The lowest BCUT2D eigenvalue weighted by Gasteiger charge is -2.24. The summed E-state index contributed by atoms with van der Waals surface area (Å²) in [5.41, 5.74) is 0.711. The molecule has 0 bridgehead atoms. The lowest BCUT2D eigenvalue weighted by atomic mass is 9.92. The maximum atomic E-state index is 11.8. The van der Waals surface area contributed by atoms with Crippen LogP contribution < -0.4 is 10.6 Å². The summed E-state index contributed by atoms with van der Waals surface area (Å²) in [6.45, 7) is 5.37. The third kappa shape index (κ3) is 3.10. The Kier molecular flexibility index (Phi) is 3.71. The van der Waals surface area contributed by atoms with Crippen LogP contribution in [0.4, 0.5) is 0 Å². The first-order valence-corrected chi connectivity index (χ1v) is 6.47. The van der Waals surface area contributed by atoms with Gasteiger partial charge in [-0.2, -0.15) is 0 Å². The second-order valence-corrected chi connectivity index (χ2v) is 5.63. The van der Waals surface area contributed by atoms with Crippen LogP contribution in [0.2, 0.25) is 0 Å². The summed E-state index contributed by atoms with van der Waals surface area (Å²) in [4.78, 5) is 16.0. The number of carbonyl (C=O) groups excluding carboxylic acids is 1. The van der Waals surface area contributed by atoms with E-state index in [0.29, 0.717) is 12.6 Å². The number of imidazole rings is 1. The van der Waals surface area contributed by atoms with E-state index in [0.717, 1.165) is 12.2 Å². The van der Waals surface area contributed by atoms with Gasteiger partial charge in [0.2, 0.25) is 5.91 Å². The zero-order chi connectivity index (χ0) is 13.2. The monoisotopic (exact) mass is 250 g/mol. The van der Waals surface area contributed by atoms with Crippen LogP contribution in [0.5, 0.6) is 0 Å². The molecule has 1 heterocycles. The molecule has 1 fully saturated rings. The Hall–Kier alpha value is -1.36. The van der Waals surface area contributed by atoms with E-state index in [4.69, 9.17) is 0 Å². The molecular weight excluding hydrogens is 228 g/mol. The SMILES string of the molecule is CNC(=O)C(C)(C)Cn1cncc1CNC1CC1. The summed E-state index contributed by atoms with van der Waals surface area (Å²) in [7, 11) is 1.67. The first-order valence-electron chi connectivity index (χ1n) is 6.47. The quantitative estimate of drug-likeness (QED) is 0.789. The average Bonchev–Trinajstić information content (AvgIpc) is 3.07. The molecule has 18 heavy (non-hydrogen) atoms. The molecule has 0 radical (unpaired) electrons. The number of rotatable bonds is 6. The van der Waals surface area contributed by atoms with Crippen LogP contribution in [0.15, 0.2) is 12.5 Å². The second-order valence-electron chi connectivity index (χ2n) is 5.63. The van der Waals surface area contributed by atoms with E-state index in [2.05, 4.69) is 20.2 Å². The fraction of sp³-hybridized carbons (Fsp3) is 0.692. The fourth-order valence-corrected chi connectivity index (χ4v) is 2.01. The van der Waals surface area contributed by atoms with E-state index in [9.17, 15) is 4.79 Å². The molecule has 1 aromatic heterocycles. The lowest BCUT2D eigenvalue weighted by Crippen LogP contribution is -2.38. The summed E-state index contributed by atoms with van der Waals surface area (Å²) in [5.74, 6) is 0.0531. The van der Waals surface area contributed by atoms with Crippen molar-refractivity contribution >= 4 is 5.91 Å². The highest BCUT2D eigenvalue weighted by molar-refractivity contribution is 5.81. The highest BCUT2D eigenvalue weighted by Crippen LogP contribution is 2.21. The van der Waals surface area contributed by atoms with Gasteiger partial charge in [-0.05, 0) is 26.7 Å². The fourth-order valence-electron chi connectivity index (χ4n) is 2.01. The van der Waals surface area contributed by atoms with Crippen molar-refractivity contribution in [3.05, 3.63) is 18.2 Å². The summed E-state index contributed by atoms with van der Waals surface area (Å²) in [6.07, 6.45) is 6.22. The number of aromatic nitrogens is 2. The van der Waals surface area contributed by atoms with Crippen LogP contribution >= 0.6 is 0 Å². The van der Waals surface area contributed by atoms with Gasteiger partial charge < -0.3 is 15.2 Å². The van der Waals surface area contributed by atoms with E-state index in [-0.39, 0.29) is 5.91 Å².